The molecule has 1 aromatic heterocycles. The van der Waals surface area contributed by atoms with Crippen molar-refractivity contribution in [2.75, 3.05) is 12.4 Å². The minimum Gasteiger partial charge on any atom is -0.497 e. The van der Waals surface area contributed by atoms with Crippen molar-refractivity contribution in [3.8, 4) is 11.4 Å². The first-order valence-electron chi connectivity index (χ1n) is 12.1. The lowest BCUT2D eigenvalue weighted by Gasteiger charge is -2.16. The molecule has 2 N–H and O–H groups in total. The van der Waals surface area contributed by atoms with Crippen LogP contribution in [0.3, 0.4) is 0 Å². The quantitative estimate of drug-likeness (QED) is 0.153. The highest BCUT2D eigenvalue weighted by Gasteiger charge is 2.37. The summed E-state index contributed by atoms with van der Waals surface area (Å²) >= 11 is 7.58. The van der Waals surface area contributed by atoms with Crippen molar-refractivity contribution in [3.05, 3.63) is 93.8 Å². The summed E-state index contributed by atoms with van der Waals surface area (Å²) in [6.07, 6.45) is -10.1. The average Bonchev–Trinajstić information content (AvgIpc) is 3.33. The Labute approximate surface area is 245 Å². The maximum absolute atomic E-state index is 13.2. The number of carbonyl (C=O) groups excluding carboxylic acids is 1. The number of nitrogens with one attached hydrogen (secondary N) is 2. The van der Waals surface area contributed by atoms with Gasteiger partial charge in [0.25, 0.3) is 0 Å². The molecular weight excluding hydrogens is 608 g/mol. The van der Waals surface area contributed by atoms with Crippen LogP contribution in [0.25, 0.3) is 5.69 Å². The van der Waals surface area contributed by atoms with E-state index in [0.29, 0.717) is 39.5 Å². The number of carbonyl (C=O) groups is 1. The number of amides is 2. The SMILES string of the molecule is COc1cccc(CSc2nnc(CNC(=O)Nc3cc(C(F)(F)F)cc(C(F)(F)F)c3)n2-c2cc(Cl)ccc2C)c1. The first-order valence-corrected chi connectivity index (χ1v) is 13.4. The van der Waals surface area contributed by atoms with E-state index in [9.17, 15) is 31.1 Å². The van der Waals surface area contributed by atoms with E-state index in [4.69, 9.17) is 16.3 Å². The number of aromatic nitrogens is 3. The number of halogens is 7. The number of nitrogens with zero attached hydrogens (tertiary/aromatic N) is 3. The Morgan fingerprint density at radius 2 is 1.67 bits per heavy atom. The first-order chi connectivity index (χ1) is 19.7. The number of alkyl halides is 6. The zero-order valence-corrected chi connectivity index (χ0v) is 23.5. The molecule has 15 heteroatoms. The maximum Gasteiger partial charge on any atom is 0.416 e. The number of methoxy groups -OCH3 is 1. The third-order valence-corrected chi connectivity index (χ3v) is 7.10. The molecule has 222 valence electrons. The van der Waals surface area contributed by atoms with Gasteiger partial charge in [-0.1, -0.05) is 41.6 Å². The summed E-state index contributed by atoms with van der Waals surface area (Å²) in [4.78, 5) is 12.6. The third-order valence-electron chi connectivity index (χ3n) is 5.87. The monoisotopic (exact) mass is 629 g/mol. The van der Waals surface area contributed by atoms with Gasteiger partial charge < -0.3 is 15.4 Å². The molecule has 3 aromatic carbocycles. The molecule has 0 bridgehead atoms. The zero-order chi connectivity index (χ0) is 30.7. The van der Waals surface area contributed by atoms with Crippen LogP contribution in [0.1, 0.15) is 28.1 Å². The molecular formula is C27H22ClF6N5O2S. The summed E-state index contributed by atoms with van der Waals surface area (Å²) in [7, 11) is 1.56. The van der Waals surface area contributed by atoms with Gasteiger partial charge >= 0.3 is 18.4 Å². The number of aryl methyl sites for hydroxylation is 1. The van der Waals surface area contributed by atoms with E-state index >= 15 is 0 Å². The van der Waals surface area contributed by atoms with Gasteiger partial charge in [0.2, 0.25) is 0 Å². The van der Waals surface area contributed by atoms with Crippen LogP contribution in [0.4, 0.5) is 36.8 Å². The molecule has 0 atom stereocenters. The average molecular weight is 630 g/mol. The molecule has 0 aliphatic heterocycles. The van der Waals surface area contributed by atoms with Crippen molar-refractivity contribution in [1.29, 1.82) is 0 Å². The largest absolute Gasteiger partial charge is 0.497 e. The molecule has 7 nitrogen and oxygen atoms in total. The first kappa shape index (κ1) is 31.0. The van der Waals surface area contributed by atoms with Crippen molar-refractivity contribution >= 4 is 35.1 Å². The number of thioether (sulfide) groups is 1. The Morgan fingerprint density at radius 1 is 0.976 bits per heavy atom. The Hall–Kier alpha value is -3.91. The Kier molecular flexibility index (Phi) is 9.26. The lowest BCUT2D eigenvalue weighted by Crippen LogP contribution is -2.29. The van der Waals surface area contributed by atoms with Gasteiger partial charge in [0, 0.05) is 16.5 Å². The molecule has 4 aromatic rings. The summed E-state index contributed by atoms with van der Waals surface area (Å²) in [6.45, 7) is 1.56. The molecule has 0 saturated heterocycles. The van der Waals surface area contributed by atoms with Crippen LogP contribution in [0.2, 0.25) is 5.02 Å². The fourth-order valence-corrected chi connectivity index (χ4v) is 4.92. The van der Waals surface area contributed by atoms with Crippen molar-refractivity contribution < 1.29 is 35.9 Å². The molecule has 0 spiro atoms. The Balaban J connectivity index is 1.57. The van der Waals surface area contributed by atoms with Gasteiger partial charge in [0.05, 0.1) is 30.5 Å². The second kappa shape index (κ2) is 12.5. The summed E-state index contributed by atoms with van der Waals surface area (Å²) in [6, 6.07) is 12.3. The highest BCUT2D eigenvalue weighted by molar-refractivity contribution is 7.98. The summed E-state index contributed by atoms with van der Waals surface area (Å²) in [5.74, 6) is 1.41. The number of ether oxygens (including phenoxy) is 1. The number of benzene rings is 3. The molecule has 0 aliphatic carbocycles. The predicted molar refractivity (Wildman–Crippen MR) is 146 cm³/mol. The molecule has 4 rings (SSSR count). The minimum absolute atomic E-state index is 0.0242. The summed E-state index contributed by atoms with van der Waals surface area (Å²) in [5.41, 5.74) is -1.43. The van der Waals surface area contributed by atoms with Crippen LogP contribution < -0.4 is 15.4 Å². The normalized spacial score (nSPS) is 11.8. The van der Waals surface area contributed by atoms with Gasteiger partial charge in [-0.15, -0.1) is 10.2 Å². The lowest BCUT2D eigenvalue weighted by molar-refractivity contribution is -0.143. The van der Waals surface area contributed by atoms with E-state index in [0.717, 1.165) is 11.1 Å². The fourth-order valence-electron chi connectivity index (χ4n) is 3.85. The van der Waals surface area contributed by atoms with Crippen LogP contribution in [0, 0.1) is 6.92 Å². The van der Waals surface area contributed by atoms with Gasteiger partial charge in [-0.05, 0) is 60.5 Å². The number of rotatable bonds is 8. The van der Waals surface area contributed by atoms with Crippen molar-refractivity contribution in [2.24, 2.45) is 0 Å². The summed E-state index contributed by atoms with van der Waals surface area (Å²) < 4.78 is 86.1. The second-order valence-corrected chi connectivity index (χ2v) is 10.3. The van der Waals surface area contributed by atoms with Gasteiger partial charge in [-0.25, -0.2) is 4.79 Å². The summed E-state index contributed by atoms with van der Waals surface area (Å²) in [5, 5.41) is 13.7. The van der Waals surface area contributed by atoms with Crippen LogP contribution in [0.15, 0.2) is 65.8 Å². The molecule has 0 fully saturated rings. The van der Waals surface area contributed by atoms with Crippen LogP contribution in [-0.2, 0) is 24.7 Å². The Morgan fingerprint density at radius 3 is 2.31 bits per heavy atom. The van der Waals surface area contributed by atoms with Crippen LogP contribution >= 0.6 is 23.4 Å². The molecule has 42 heavy (non-hydrogen) atoms. The highest BCUT2D eigenvalue weighted by atomic mass is 35.5. The van der Waals surface area contributed by atoms with E-state index in [1.54, 1.807) is 29.9 Å². The van der Waals surface area contributed by atoms with Crippen LogP contribution in [0.5, 0.6) is 5.75 Å². The smallest absolute Gasteiger partial charge is 0.416 e. The van der Waals surface area contributed by atoms with Crippen molar-refractivity contribution in [2.45, 2.75) is 36.7 Å². The molecule has 1 heterocycles. The number of anilines is 1. The third kappa shape index (κ3) is 7.68. The number of hydrogen-bond donors (Lipinski definition) is 2. The predicted octanol–water partition coefficient (Wildman–Crippen LogP) is 7.89. The van der Waals surface area contributed by atoms with Crippen molar-refractivity contribution in [1.82, 2.24) is 20.1 Å². The van der Waals surface area contributed by atoms with Gasteiger partial charge in [-0.3, -0.25) is 4.57 Å². The number of hydrogen-bond acceptors (Lipinski definition) is 5. The van der Waals surface area contributed by atoms with E-state index < -0.39 is 35.2 Å². The van der Waals surface area contributed by atoms with Crippen LogP contribution in [-0.4, -0.2) is 27.9 Å². The van der Waals surface area contributed by atoms with E-state index in [2.05, 4.69) is 15.5 Å². The maximum atomic E-state index is 13.2. The zero-order valence-electron chi connectivity index (χ0n) is 21.9. The van der Waals surface area contributed by atoms with E-state index in [1.165, 1.54) is 11.8 Å². The van der Waals surface area contributed by atoms with Gasteiger partial charge in [-0.2, -0.15) is 26.3 Å². The lowest BCUT2D eigenvalue weighted by atomic mass is 10.1. The molecule has 0 unspecified atom stereocenters. The minimum atomic E-state index is -5.06. The molecule has 0 saturated carbocycles. The second-order valence-electron chi connectivity index (χ2n) is 8.91. The van der Waals surface area contributed by atoms with Crippen molar-refractivity contribution in [3.63, 3.8) is 0 Å². The Bertz CT molecular complexity index is 1560. The van der Waals surface area contributed by atoms with E-state index in [-0.39, 0.29) is 18.4 Å². The van der Waals surface area contributed by atoms with Gasteiger partial charge in [0.15, 0.2) is 11.0 Å². The number of urea groups is 1. The van der Waals surface area contributed by atoms with E-state index in [1.807, 2.05) is 36.5 Å². The fraction of sp³-hybridized carbons (Fsp3) is 0.222. The molecule has 0 aliphatic rings. The molecule has 0 radical (unpaired) electrons. The highest BCUT2D eigenvalue weighted by Crippen LogP contribution is 2.37. The van der Waals surface area contributed by atoms with Gasteiger partial charge in [0.1, 0.15) is 5.75 Å². The topological polar surface area (TPSA) is 81.1 Å². The standard InChI is InChI=1S/C27H22ClF6N5O2S/c1-15-6-7-19(28)12-22(15)39-23(37-38-25(39)42-14-16-4-3-5-21(8-16)41-2)13-35-24(40)36-20-10-17(26(29,30)31)9-18(11-20)27(32,33)34/h3-12H,13-14H2,1-2H3,(H2,35,36,40). The molecule has 2 amide bonds.